The van der Waals surface area contributed by atoms with Crippen molar-refractivity contribution in [3.05, 3.63) is 28.3 Å². The van der Waals surface area contributed by atoms with E-state index in [1.807, 2.05) is 0 Å². The molecule has 2 heterocycles. The van der Waals surface area contributed by atoms with E-state index >= 15 is 0 Å². The minimum Gasteiger partial charge on any atom is -0.303 e. The lowest BCUT2D eigenvalue weighted by Crippen LogP contribution is -2.00. The molecule has 0 fully saturated rings. The first-order chi connectivity index (χ1) is 6.72. The van der Waals surface area contributed by atoms with Crippen molar-refractivity contribution >= 4 is 35.0 Å². The zero-order chi connectivity index (χ0) is 10.1. The minimum atomic E-state index is 0.0610. The first-order valence-corrected chi connectivity index (χ1v) is 4.61. The second kappa shape index (κ2) is 3.55. The number of halogens is 2. The van der Waals surface area contributed by atoms with Crippen LogP contribution in [0.2, 0.25) is 10.4 Å². The monoisotopic (exact) mass is 229 g/mol. The van der Waals surface area contributed by atoms with Crippen molar-refractivity contribution in [1.29, 1.82) is 0 Å². The first-order valence-electron chi connectivity index (χ1n) is 3.85. The lowest BCUT2D eigenvalue weighted by atomic mass is 10.3. The van der Waals surface area contributed by atoms with Crippen LogP contribution in [0.3, 0.4) is 0 Å². The summed E-state index contributed by atoms with van der Waals surface area (Å²) in [5.41, 5.74) is 1.38. The predicted molar refractivity (Wildman–Crippen MR) is 52.8 cm³/mol. The van der Waals surface area contributed by atoms with E-state index in [1.54, 1.807) is 12.1 Å². The average Bonchev–Trinajstić information content (AvgIpc) is 2.49. The Morgan fingerprint density at radius 2 is 2.21 bits per heavy atom. The molecule has 0 aliphatic heterocycles. The number of aldehydes is 1. The number of aromatic nitrogens is 3. The molecule has 2 aromatic rings. The summed E-state index contributed by atoms with van der Waals surface area (Å²) in [5.74, 6) is 0. The highest BCUT2D eigenvalue weighted by Gasteiger charge is 2.08. The SMILES string of the molecule is O=CCc1ccc2c(Cl)nc(Cl)nn12. The number of rotatable bonds is 2. The van der Waals surface area contributed by atoms with Crippen LogP contribution in [0, 0.1) is 0 Å². The van der Waals surface area contributed by atoms with Crippen LogP contribution < -0.4 is 0 Å². The fourth-order valence-electron chi connectivity index (χ4n) is 1.23. The maximum absolute atomic E-state index is 10.4. The van der Waals surface area contributed by atoms with Crippen LogP contribution in [-0.2, 0) is 11.2 Å². The van der Waals surface area contributed by atoms with Gasteiger partial charge in [-0.1, -0.05) is 11.6 Å². The summed E-state index contributed by atoms with van der Waals surface area (Å²) in [6.07, 6.45) is 1.07. The van der Waals surface area contributed by atoms with E-state index in [0.717, 1.165) is 12.0 Å². The lowest BCUT2D eigenvalue weighted by molar-refractivity contribution is -0.107. The Bertz CT molecular complexity index is 495. The lowest BCUT2D eigenvalue weighted by Gasteiger charge is -1.99. The van der Waals surface area contributed by atoms with Gasteiger partial charge in [0.2, 0.25) is 5.28 Å². The van der Waals surface area contributed by atoms with Gasteiger partial charge in [0.15, 0.2) is 5.15 Å². The Balaban J connectivity index is 2.71. The van der Waals surface area contributed by atoms with Crippen LogP contribution in [-0.4, -0.2) is 20.9 Å². The highest BCUT2D eigenvalue weighted by molar-refractivity contribution is 6.34. The van der Waals surface area contributed by atoms with Crippen molar-refractivity contribution in [3.8, 4) is 0 Å². The van der Waals surface area contributed by atoms with Crippen molar-refractivity contribution in [2.45, 2.75) is 6.42 Å². The molecule has 0 aliphatic carbocycles. The Hall–Kier alpha value is -1.13. The van der Waals surface area contributed by atoms with Gasteiger partial charge in [0.05, 0.1) is 5.69 Å². The van der Waals surface area contributed by atoms with E-state index in [2.05, 4.69) is 10.1 Å². The summed E-state index contributed by atoms with van der Waals surface area (Å²) in [6, 6.07) is 3.51. The Morgan fingerprint density at radius 3 is 2.93 bits per heavy atom. The van der Waals surface area contributed by atoms with Gasteiger partial charge in [-0.3, -0.25) is 0 Å². The van der Waals surface area contributed by atoms with Gasteiger partial charge in [-0.25, -0.2) is 9.50 Å². The van der Waals surface area contributed by atoms with Crippen molar-refractivity contribution in [3.63, 3.8) is 0 Å². The summed E-state index contributed by atoms with van der Waals surface area (Å²) >= 11 is 11.5. The molecule has 0 N–H and O–H groups in total. The molecular weight excluding hydrogens is 225 g/mol. The molecule has 72 valence electrons. The van der Waals surface area contributed by atoms with E-state index < -0.39 is 0 Å². The number of carbonyl (C=O) groups excluding carboxylic acids is 1. The van der Waals surface area contributed by atoms with Crippen LogP contribution in [0.1, 0.15) is 5.69 Å². The quantitative estimate of drug-likeness (QED) is 0.738. The Kier molecular flexibility index (Phi) is 2.39. The Labute approximate surface area is 89.5 Å². The molecule has 0 amide bonds. The first kappa shape index (κ1) is 9.43. The highest BCUT2D eigenvalue weighted by Crippen LogP contribution is 2.18. The van der Waals surface area contributed by atoms with Crippen LogP contribution in [0.4, 0.5) is 0 Å². The molecule has 0 atom stereocenters. The van der Waals surface area contributed by atoms with Crippen molar-refractivity contribution in [2.75, 3.05) is 0 Å². The normalized spacial score (nSPS) is 10.7. The van der Waals surface area contributed by atoms with Gasteiger partial charge in [0, 0.05) is 6.42 Å². The second-order valence-corrected chi connectivity index (χ2v) is 3.36. The summed E-state index contributed by atoms with van der Waals surface area (Å²) in [5, 5.41) is 4.28. The van der Waals surface area contributed by atoms with E-state index in [-0.39, 0.29) is 16.9 Å². The van der Waals surface area contributed by atoms with Gasteiger partial charge in [0.1, 0.15) is 11.8 Å². The van der Waals surface area contributed by atoms with Crippen LogP contribution in [0.15, 0.2) is 12.1 Å². The molecular formula is C8H5Cl2N3O. The molecule has 6 heteroatoms. The zero-order valence-corrected chi connectivity index (χ0v) is 8.46. The molecule has 0 bridgehead atoms. The minimum absolute atomic E-state index is 0.0610. The number of carbonyl (C=O) groups is 1. The molecule has 4 nitrogen and oxygen atoms in total. The summed E-state index contributed by atoms with van der Waals surface area (Å²) < 4.78 is 1.52. The molecule has 2 rings (SSSR count). The third-order valence-corrected chi connectivity index (χ3v) is 2.25. The fourth-order valence-corrected chi connectivity index (χ4v) is 1.65. The molecule has 0 spiro atoms. The van der Waals surface area contributed by atoms with Crippen LogP contribution in [0.5, 0.6) is 0 Å². The third-order valence-electron chi connectivity index (χ3n) is 1.81. The molecule has 0 saturated heterocycles. The summed E-state index contributed by atoms with van der Waals surface area (Å²) in [7, 11) is 0. The second-order valence-electron chi connectivity index (χ2n) is 2.66. The average molecular weight is 230 g/mol. The number of fused-ring (bicyclic) bond motifs is 1. The molecule has 0 saturated carbocycles. The van der Waals surface area contributed by atoms with Crippen molar-refractivity contribution in [2.24, 2.45) is 0 Å². The van der Waals surface area contributed by atoms with E-state index in [4.69, 9.17) is 23.2 Å². The molecule has 2 aromatic heterocycles. The van der Waals surface area contributed by atoms with Crippen LogP contribution >= 0.6 is 23.2 Å². The number of hydrogen-bond donors (Lipinski definition) is 0. The van der Waals surface area contributed by atoms with Gasteiger partial charge >= 0.3 is 0 Å². The molecule has 0 aliphatic rings. The third kappa shape index (κ3) is 1.47. The van der Waals surface area contributed by atoms with Gasteiger partial charge in [-0.2, -0.15) is 0 Å². The zero-order valence-electron chi connectivity index (χ0n) is 6.94. The van der Waals surface area contributed by atoms with Crippen molar-refractivity contribution in [1.82, 2.24) is 14.6 Å². The number of hydrogen-bond acceptors (Lipinski definition) is 3. The maximum atomic E-state index is 10.4. The summed E-state index contributed by atoms with van der Waals surface area (Å²) in [4.78, 5) is 14.1. The van der Waals surface area contributed by atoms with Gasteiger partial charge < -0.3 is 4.79 Å². The smallest absolute Gasteiger partial charge is 0.242 e. The van der Waals surface area contributed by atoms with Crippen molar-refractivity contribution < 1.29 is 4.79 Å². The van der Waals surface area contributed by atoms with Gasteiger partial charge in [-0.15, -0.1) is 5.10 Å². The maximum Gasteiger partial charge on any atom is 0.242 e. The summed E-state index contributed by atoms with van der Waals surface area (Å²) in [6.45, 7) is 0. The highest BCUT2D eigenvalue weighted by atomic mass is 35.5. The predicted octanol–water partition coefficient (Wildman–Crippen LogP) is 1.78. The van der Waals surface area contributed by atoms with E-state index in [9.17, 15) is 4.79 Å². The molecule has 0 aromatic carbocycles. The Morgan fingerprint density at radius 1 is 1.43 bits per heavy atom. The fraction of sp³-hybridized carbons (Fsp3) is 0.125. The van der Waals surface area contributed by atoms with Gasteiger partial charge in [-0.05, 0) is 23.7 Å². The van der Waals surface area contributed by atoms with E-state index in [1.165, 1.54) is 4.52 Å². The van der Waals surface area contributed by atoms with Crippen LogP contribution in [0.25, 0.3) is 5.52 Å². The van der Waals surface area contributed by atoms with Gasteiger partial charge in [0.25, 0.3) is 0 Å². The molecule has 0 unspecified atom stereocenters. The number of nitrogens with zero attached hydrogens (tertiary/aromatic N) is 3. The molecule has 14 heavy (non-hydrogen) atoms. The standard InChI is InChI=1S/C8H5Cl2N3O/c9-7-6-2-1-5(3-4-14)13(6)12-8(10)11-7/h1-2,4H,3H2. The topological polar surface area (TPSA) is 47.3 Å². The largest absolute Gasteiger partial charge is 0.303 e. The molecule has 0 radical (unpaired) electrons. The van der Waals surface area contributed by atoms with E-state index in [0.29, 0.717) is 5.52 Å².